The van der Waals surface area contributed by atoms with Crippen molar-refractivity contribution in [2.75, 3.05) is 5.32 Å². The molecule has 0 atom stereocenters. The summed E-state index contributed by atoms with van der Waals surface area (Å²) in [7, 11) is 0. The van der Waals surface area contributed by atoms with Gasteiger partial charge in [0.25, 0.3) is 0 Å². The second-order valence-corrected chi connectivity index (χ2v) is 5.13. The van der Waals surface area contributed by atoms with Crippen molar-refractivity contribution in [2.24, 2.45) is 5.73 Å². The monoisotopic (exact) mass is 358 g/mol. The molecule has 5 N–H and O–H groups in total. The second kappa shape index (κ2) is 8.63. The van der Waals surface area contributed by atoms with E-state index in [0.717, 1.165) is 24.4 Å². The van der Waals surface area contributed by atoms with E-state index in [1.165, 1.54) is 24.7 Å². The number of nitrogens with one attached hydrogen (secondary N) is 2. The Hall–Kier alpha value is -3.39. The van der Waals surface area contributed by atoms with Crippen LogP contribution in [0.25, 0.3) is 11.6 Å². The number of rotatable bonds is 6. The minimum Gasteiger partial charge on any atom is -0.404 e. The lowest BCUT2D eigenvalue weighted by Crippen LogP contribution is -2.10. The number of hydrogen-bond donors (Lipinski definition) is 4. The van der Waals surface area contributed by atoms with Gasteiger partial charge in [0.05, 0.1) is 12.3 Å². The molecular weight excluding hydrogens is 342 g/mol. The summed E-state index contributed by atoms with van der Waals surface area (Å²) in [6.45, 7) is -0.648. The van der Waals surface area contributed by atoms with Crippen molar-refractivity contribution >= 4 is 29.5 Å². The SMILES string of the molecule is N=C/C(=C\N)c1ccncc1/C=C/C(=O)Nc1cc(F)c(CO)cc1F. The number of aromatic nitrogens is 1. The average Bonchev–Trinajstić information content (AvgIpc) is 2.64. The maximum atomic E-state index is 13.8. The number of aliphatic hydroxyl groups excluding tert-OH is 1. The van der Waals surface area contributed by atoms with Crippen molar-refractivity contribution in [3.05, 3.63) is 71.2 Å². The van der Waals surface area contributed by atoms with Crippen molar-refractivity contribution in [1.29, 1.82) is 5.41 Å². The number of nitrogens with zero attached hydrogens (tertiary/aromatic N) is 1. The molecule has 1 aromatic carbocycles. The van der Waals surface area contributed by atoms with E-state index in [1.807, 2.05) is 0 Å². The average molecular weight is 358 g/mol. The minimum atomic E-state index is -0.864. The summed E-state index contributed by atoms with van der Waals surface area (Å²) in [4.78, 5) is 15.9. The van der Waals surface area contributed by atoms with Crippen LogP contribution >= 0.6 is 0 Å². The van der Waals surface area contributed by atoms with Crippen LogP contribution in [0.4, 0.5) is 14.5 Å². The second-order valence-electron chi connectivity index (χ2n) is 5.13. The molecule has 0 spiro atoms. The first-order valence-electron chi connectivity index (χ1n) is 7.44. The van der Waals surface area contributed by atoms with Crippen molar-refractivity contribution in [1.82, 2.24) is 4.98 Å². The smallest absolute Gasteiger partial charge is 0.248 e. The van der Waals surface area contributed by atoms with Gasteiger partial charge in [0.1, 0.15) is 11.6 Å². The summed E-state index contributed by atoms with van der Waals surface area (Å²) in [5.41, 5.74) is 6.45. The van der Waals surface area contributed by atoms with Crippen molar-refractivity contribution < 1.29 is 18.7 Å². The quantitative estimate of drug-likeness (QED) is 0.469. The normalized spacial score (nSPS) is 11.6. The molecule has 1 amide bonds. The minimum absolute atomic E-state index is 0.205. The number of amides is 1. The fourth-order valence-electron chi connectivity index (χ4n) is 2.16. The highest BCUT2D eigenvalue weighted by Gasteiger charge is 2.11. The predicted octanol–water partition coefficient (Wildman–Crippen LogP) is 2.45. The van der Waals surface area contributed by atoms with E-state index in [4.69, 9.17) is 16.2 Å². The number of benzene rings is 1. The highest BCUT2D eigenvalue weighted by molar-refractivity contribution is 6.10. The number of halogens is 2. The third-order valence-corrected chi connectivity index (χ3v) is 3.48. The Balaban J connectivity index is 2.21. The van der Waals surface area contributed by atoms with Gasteiger partial charge in [0.2, 0.25) is 5.91 Å². The molecule has 1 aromatic heterocycles. The summed E-state index contributed by atoms with van der Waals surface area (Å²) in [6.07, 6.45) is 7.84. The number of carbonyl (C=O) groups is 1. The van der Waals surface area contributed by atoms with Crippen LogP contribution in [0, 0.1) is 17.0 Å². The standard InChI is InChI=1S/C18H16F2N4O2/c19-15-6-17(16(20)5-12(15)10-25)24-18(26)2-1-11-9-23-4-3-14(11)13(7-21)8-22/h1-9,21,25H,10,22H2,(H,24,26)/b2-1+,13-8+,21-7?. The molecule has 2 rings (SSSR count). The molecule has 0 aliphatic rings. The van der Waals surface area contributed by atoms with Crippen molar-refractivity contribution in [2.45, 2.75) is 6.61 Å². The number of nitrogens with two attached hydrogens (primary N) is 1. The number of allylic oxidation sites excluding steroid dienone is 1. The molecular formula is C18H16F2N4O2. The molecule has 1 heterocycles. The third-order valence-electron chi connectivity index (χ3n) is 3.48. The van der Waals surface area contributed by atoms with Crippen LogP contribution in [0.1, 0.15) is 16.7 Å². The molecule has 0 radical (unpaired) electrons. The lowest BCUT2D eigenvalue weighted by Gasteiger charge is -2.07. The lowest BCUT2D eigenvalue weighted by molar-refractivity contribution is -0.111. The van der Waals surface area contributed by atoms with E-state index in [9.17, 15) is 13.6 Å². The number of pyridine rings is 1. The van der Waals surface area contributed by atoms with Gasteiger partial charge in [-0.2, -0.15) is 0 Å². The Morgan fingerprint density at radius 2 is 2.12 bits per heavy atom. The third kappa shape index (κ3) is 4.37. The first-order valence-corrected chi connectivity index (χ1v) is 7.44. The molecule has 0 saturated carbocycles. The van der Waals surface area contributed by atoms with E-state index >= 15 is 0 Å². The molecule has 0 unspecified atom stereocenters. The molecule has 0 fully saturated rings. The lowest BCUT2D eigenvalue weighted by atomic mass is 10.0. The van der Waals surface area contributed by atoms with Gasteiger partial charge in [0, 0.05) is 53.7 Å². The summed E-state index contributed by atoms with van der Waals surface area (Å²) in [6, 6.07) is 3.24. The molecule has 8 heteroatoms. The fourth-order valence-corrected chi connectivity index (χ4v) is 2.16. The maximum Gasteiger partial charge on any atom is 0.248 e. The first-order chi connectivity index (χ1) is 12.5. The highest BCUT2D eigenvalue weighted by Crippen LogP contribution is 2.20. The van der Waals surface area contributed by atoms with Gasteiger partial charge in [-0.25, -0.2) is 8.78 Å². The van der Waals surface area contributed by atoms with Gasteiger partial charge in [-0.3, -0.25) is 9.78 Å². The Kier molecular flexibility index (Phi) is 6.29. The van der Waals surface area contributed by atoms with E-state index in [2.05, 4.69) is 10.3 Å². The van der Waals surface area contributed by atoms with E-state index in [-0.39, 0.29) is 11.3 Å². The summed E-state index contributed by atoms with van der Waals surface area (Å²) in [5, 5.41) is 18.5. The Bertz CT molecular complexity index is 895. The van der Waals surface area contributed by atoms with Crippen LogP contribution in [0.5, 0.6) is 0 Å². The molecule has 6 nitrogen and oxygen atoms in total. The number of aliphatic hydroxyl groups is 1. The van der Waals surface area contributed by atoms with Crippen LogP contribution in [0.2, 0.25) is 0 Å². The largest absolute Gasteiger partial charge is 0.404 e. The van der Waals surface area contributed by atoms with Crippen LogP contribution in [0.3, 0.4) is 0 Å². The zero-order valence-electron chi connectivity index (χ0n) is 13.5. The molecule has 0 saturated heterocycles. The zero-order valence-corrected chi connectivity index (χ0v) is 13.5. The van der Waals surface area contributed by atoms with E-state index < -0.39 is 24.1 Å². The number of carbonyl (C=O) groups excluding carboxylic acids is 1. The van der Waals surface area contributed by atoms with Gasteiger partial charge in [0.15, 0.2) is 0 Å². The van der Waals surface area contributed by atoms with Crippen LogP contribution in [-0.4, -0.2) is 22.2 Å². The topological polar surface area (TPSA) is 112 Å². The van der Waals surface area contributed by atoms with E-state index in [1.54, 1.807) is 6.07 Å². The van der Waals surface area contributed by atoms with Crippen LogP contribution in [-0.2, 0) is 11.4 Å². The molecule has 134 valence electrons. The van der Waals surface area contributed by atoms with Crippen molar-refractivity contribution in [3.63, 3.8) is 0 Å². The van der Waals surface area contributed by atoms with Crippen LogP contribution in [0.15, 0.2) is 42.9 Å². The Morgan fingerprint density at radius 3 is 2.77 bits per heavy atom. The Labute approximate surface area is 148 Å². The molecule has 0 aliphatic heterocycles. The Morgan fingerprint density at radius 1 is 1.35 bits per heavy atom. The zero-order chi connectivity index (χ0) is 19.1. The van der Waals surface area contributed by atoms with Gasteiger partial charge in [-0.15, -0.1) is 0 Å². The van der Waals surface area contributed by atoms with Gasteiger partial charge >= 0.3 is 0 Å². The molecule has 2 aromatic rings. The number of anilines is 1. The molecule has 0 aliphatic carbocycles. The van der Waals surface area contributed by atoms with Crippen LogP contribution < -0.4 is 11.1 Å². The van der Waals surface area contributed by atoms with E-state index in [0.29, 0.717) is 16.7 Å². The fraction of sp³-hybridized carbons (Fsp3) is 0.0556. The molecule has 26 heavy (non-hydrogen) atoms. The summed E-state index contributed by atoms with van der Waals surface area (Å²) in [5.74, 6) is -2.38. The predicted molar refractivity (Wildman–Crippen MR) is 95.1 cm³/mol. The number of hydrogen-bond acceptors (Lipinski definition) is 5. The van der Waals surface area contributed by atoms with Gasteiger partial charge in [-0.1, -0.05) is 0 Å². The van der Waals surface area contributed by atoms with Gasteiger partial charge < -0.3 is 21.6 Å². The van der Waals surface area contributed by atoms with Gasteiger partial charge in [-0.05, 0) is 23.8 Å². The highest BCUT2D eigenvalue weighted by atomic mass is 19.1. The first kappa shape index (κ1) is 18.9. The maximum absolute atomic E-state index is 13.8. The summed E-state index contributed by atoms with van der Waals surface area (Å²) >= 11 is 0. The van der Waals surface area contributed by atoms with Crippen molar-refractivity contribution in [3.8, 4) is 0 Å². The molecule has 0 bridgehead atoms. The summed E-state index contributed by atoms with van der Waals surface area (Å²) < 4.78 is 27.4.